The predicted octanol–water partition coefficient (Wildman–Crippen LogP) is 6.18. The average Bonchev–Trinajstić information content (AvgIpc) is 2.63. The van der Waals surface area contributed by atoms with E-state index in [0.717, 1.165) is 38.5 Å². The summed E-state index contributed by atoms with van der Waals surface area (Å²) >= 11 is 0. The van der Waals surface area contributed by atoms with Crippen LogP contribution in [0.2, 0.25) is 0 Å². The SMILES string of the molecule is N#CS1(C(F)(F)F)C(C2CCCCCC2)=Cc2ccccc21. The van der Waals surface area contributed by atoms with Gasteiger partial charge in [0, 0.05) is 4.90 Å². The number of allylic oxidation sites excluding steroid dienone is 1. The molecule has 5 heteroatoms. The molecule has 1 atom stereocenters. The minimum Gasteiger partial charge on any atom is -0.186 e. The Morgan fingerprint density at radius 3 is 2.27 bits per heavy atom. The fourth-order valence-electron chi connectivity index (χ4n) is 3.59. The van der Waals surface area contributed by atoms with Crippen molar-refractivity contribution in [2.24, 2.45) is 5.92 Å². The zero-order chi connectivity index (χ0) is 15.8. The van der Waals surface area contributed by atoms with Crippen LogP contribution in [0.5, 0.6) is 0 Å². The minimum absolute atomic E-state index is 0.105. The van der Waals surface area contributed by atoms with Crippen LogP contribution in [0.4, 0.5) is 13.2 Å². The highest BCUT2D eigenvalue weighted by atomic mass is 32.3. The van der Waals surface area contributed by atoms with Crippen LogP contribution in [0, 0.1) is 16.6 Å². The van der Waals surface area contributed by atoms with Crippen LogP contribution in [-0.4, -0.2) is 5.51 Å². The highest BCUT2D eigenvalue weighted by molar-refractivity contribution is 8.41. The van der Waals surface area contributed by atoms with Gasteiger partial charge in [0.1, 0.15) is 5.40 Å². The third kappa shape index (κ3) is 2.25. The van der Waals surface area contributed by atoms with E-state index in [-0.39, 0.29) is 10.8 Å². The van der Waals surface area contributed by atoms with Gasteiger partial charge >= 0.3 is 5.51 Å². The first-order valence-corrected chi connectivity index (χ1v) is 9.25. The van der Waals surface area contributed by atoms with Gasteiger partial charge in [0.25, 0.3) is 0 Å². The van der Waals surface area contributed by atoms with E-state index in [2.05, 4.69) is 0 Å². The summed E-state index contributed by atoms with van der Waals surface area (Å²) in [5.41, 5.74) is -3.93. The molecule has 0 aromatic heterocycles. The van der Waals surface area contributed by atoms with Gasteiger partial charge in [-0.1, -0.05) is 43.9 Å². The summed E-state index contributed by atoms with van der Waals surface area (Å²) in [6.45, 7) is 0. The van der Waals surface area contributed by atoms with Gasteiger partial charge in [-0.2, -0.15) is 18.4 Å². The zero-order valence-electron chi connectivity index (χ0n) is 12.2. The van der Waals surface area contributed by atoms with Crippen LogP contribution in [-0.2, 0) is 0 Å². The predicted molar refractivity (Wildman–Crippen MR) is 83.1 cm³/mol. The average molecular weight is 325 g/mol. The molecule has 1 heterocycles. The zero-order valence-corrected chi connectivity index (χ0v) is 13.0. The van der Waals surface area contributed by atoms with Crippen LogP contribution in [0.15, 0.2) is 34.1 Å². The molecule has 3 rings (SSSR count). The second kappa shape index (κ2) is 5.66. The number of thiocyanates is 1. The topological polar surface area (TPSA) is 23.8 Å². The monoisotopic (exact) mass is 325 g/mol. The van der Waals surface area contributed by atoms with Crippen LogP contribution < -0.4 is 0 Å². The van der Waals surface area contributed by atoms with E-state index < -0.39 is 15.5 Å². The molecule has 1 aliphatic carbocycles. The summed E-state index contributed by atoms with van der Waals surface area (Å²) in [6, 6.07) is 6.53. The Labute approximate surface area is 130 Å². The van der Waals surface area contributed by atoms with Gasteiger partial charge in [0.15, 0.2) is 0 Å². The number of fused-ring (bicyclic) bond motifs is 1. The molecule has 1 aliphatic heterocycles. The number of benzene rings is 1. The maximum atomic E-state index is 14.0. The van der Waals surface area contributed by atoms with E-state index >= 15 is 0 Å². The van der Waals surface area contributed by atoms with Crippen LogP contribution in [0.1, 0.15) is 44.1 Å². The maximum absolute atomic E-state index is 14.0. The number of alkyl halides is 3. The fourth-order valence-corrected chi connectivity index (χ4v) is 6.47. The lowest BCUT2D eigenvalue weighted by atomic mass is 9.98. The normalized spacial score (nSPS) is 28.9. The summed E-state index contributed by atoms with van der Waals surface area (Å²) in [6.07, 6.45) is 7.28. The summed E-state index contributed by atoms with van der Waals surface area (Å²) in [7, 11) is -3.56. The molecule has 22 heavy (non-hydrogen) atoms. The third-order valence-electron chi connectivity index (χ3n) is 4.64. The van der Waals surface area contributed by atoms with E-state index in [4.69, 9.17) is 0 Å². The Balaban J connectivity index is 2.14. The van der Waals surface area contributed by atoms with Crippen molar-refractivity contribution in [1.82, 2.24) is 0 Å². The molecule has 2 aliphatic rings. The van der Waals surface area contributed by atoms with E-state index in [1.54, 1.807) is 29.7 Å². The number of halogens is 3. The highest BCUT2D eigenvalue weighted by Gasteiger charge is 2.58. The smallest absolute Gasteiger partial charge is 0.186 e. The summed E-state index contributed by atoms with van der Waals surface area (Å²) in [5.74, 6) is -0.105. The quantitative estimate of drug-likeness (QED) is 0.447. The van der Waals surface area contributed by atoms with Crippen LogP contribution >= 0.6 is 10.0 Å². The lowest BCUT2D eigenvalue weighted by Crippen LogP contribution is -2.22. The molecule has 0 bridgehead atoms. The Kier molecular flexibility index (Phi) is 3.98. The van der Waals surface area contributed by atoms with Crippen molar-refractivity contribution in [1.29, 1.82) is 5.26 Å². The first-order valence-electron chi connectivity index (χ1n) is 7.62. The third-order valence-corrected chi connectivity index (χ3v) is 7.80. The molecule has 1 aromatic rings. The standard InChI is InChI=1S/C17H18F3NS/c18-17(19,20)22(12-21)15-10-6-5-9-14(15)11-16(22)13-7-3-1-2-4-8-13/h5-6,9-11,13H,1-4,7-8H2. The Morgan fingerprint density at radius 2 is 1.68 bits per heavy atom. The van der Waals surface area contributed by atoms with E-state index in [1.807, 2.05) is 0 Å². The molecule has 1 aromatic carbocycles. The molecule has 0 N–H and O–H groups in total. The molecule has 1 fully saturated rings. The Bertz CT molecular complexity index is 636. The van der Waals surface area contributed by atoms with Crippen molar-refractivity contribution in [3.05, 3.63) is 34.7 Å². The second-order valence-corrected chi connectivity index (χ2v) is 8.70. The van der Waals surface area contributed by atoms with Crippen LogP contribution in [0.25, 0.3) is 6.08 Å². The number of nitrogens with zero attached hydrogens (tertiary/aromatic N) is 1. The second-order valence-electron chi connectivity index (χ2n) is 5.92. The Hall–Kier alpha value is -1.41. The number of hydrogen-bond donors (Lipinski definition) is 0. The van der Waals surface area contributed by atoms with Gasteiger partial charge < -0.3 is 0 Å². The van der Waals surface area contributed by atoms with Crippen molar-refractivity contribution >= 4 is 16.1 Å². The first kappa shape index (κ1) is 15.5. The fraction of sp³-hybridized carbons (Fsp3) is 0.471. The van der Waals surface area contributed by atoms with Gasteiger partial charge in [-0.25, -0.2) is 0 Å². The van der Waals surface area contributed by atoms with E-state index in [9.17, 15) is 18.4 Å². The Morgan fingerprint density at radius 1 is 1.05 bits per heavy atom. The van der Waals surface area contributed by atoms with Gasteiger partial charge in [-0.3, -0.25) is 0 Å². The molecule has 1 nitrogen and oxygen atoms in total. The summed E-state index contributed by atoms with van der Waals surface area (Å²) in [5, 5.41) is 11.3. The van der Waals surface area contributed by atoms with Gasteiger partial charge in [0.2, 0.25) is 0 Å². The molecule has 0 radical (unpaired) electrons. The van der Waals surface area contributed by atoms with Crippen LogP contribution in [0.3, 0.4) is 0 Å². The van der Waals surface area contributed by atoms with Crippen molar-refractivity contribution in [2.45, 2.75) is 48.9 Å². The summed E-state index contributed by atoms with van der Waals surface area (Å²) in [4.78, 5) is 0.537. The number of nitriles is 1. The molecule has 0 amide bonds. The molecule has 1 unspecified atom stereocenters. The van der Waals surface area contributed by atoms with Crippen molar-refractivity contribution in [2.75, 3.05) is 0 Å². The highest BCUT2D eigenvalue weighted by Crippen LogP contribution is 2.77. The van der Waals surface area contributed by atoms with Crippen molar-refractivity contribution < 1.29 is 13.2 Å². The molecule has 0 saturated heterocycles. The number of rotatable bonds is 1. The van der Waals surface area contributed by atoms with E-state index in [0.29, 0.717) is 10.5 Å². The number of hydrogen-bond acceptors (Lipinski definition) is 1. The lowest BCUT2D eigenvalue weighted by molar-refractivity contribution is -0.0367. The molecule has 118 valence electrons. The van der Waals surface area contributed by atoms with Crippen molar-refractivity contribution in [3.8, 4) is 5.40 Å². The first-order chi connectivity index (χ1) is 10.5. The molecular formula is C17H18F3NS. The van der Waals surface area contributed by atoms with Crippen molar-refractivity contribution in [3.63, 3.8) is 0 Å². The lowest BCUT2D eigenvalue weighted by Gasteiger charge is -2.37. The summed E-state index contributed by atoms with van der Waals surface area (Å²) < 4.78 is 41.9. The largest absolute Gasteiger partial charge is 0.445 e. The van der Waals surface area contributed by atoms with Gasteiger partial charge in [-0.05, 0) is 51.4 Å². The molecule has 0 spiro atoms. The van der Waals surface area contributed by atoms with Gasteiger partial charge in [0.05, 0.1) is 0 Å². The maximum Gasteiger partial charge on any atom is 0.445 e. The molecule has 1 saturated carbocycles. The van der Waals surface area contributed by atoms with Gasteiger partial charge in [-0.15, -0.1) is 0 Å². The minimum atomic E-state index is -4.51. The molecular weight excluding hydrogens is 307 g/mol. The van der Waals surface area contributed by atoms with E-state index in [1.165, 1.54) is 6.07 Å².